The van der Waals surface area contributed by atoms with Crippen LogP contribution in [0.4, 0.5) is 5.69 Å². The van der Waals surface area contributed by atoms with Gasteiger partial charge in [0.1, 0.15) is 0 Å². The zero-order valence-electron chi connectivity index (χ0n) is 7.93. The Labute approximate surface area is 87.1 Å². The van der Waals surface area contributed by atoms with E-state index in [-0.39, 0.29) is 0 Å². The van der Waals surface area contributed by atoms with Crippen LogP contribution < -0.4 is 5.32 Å². The lowest BCUT2D eigenvalue weighted by atomic mass is 10.2. The first kappa shape index (κ1) is 10.7. The van der Waals surface area contributed by atoms with Crippen LogP contribution in [0.2, 0.25) is 5.02 Å². The predicted octanol–water partition coefficient (Wildman–Crippen LogP) is 2.18. The molecule has 3 nitrogen and oxygen atoms in total. The average molecular weight is 212 g/mol. The van der Waals surface area contributed by atoms with Gasteiger partial charge < -0.3 is 5.32 Å². The van der Waals surface area contributed by atoms with Crippen LogP contribution in [0, 0.1) is 6.92 Å². The SMILES string of the molecule is CC(=O)C(=O)Nc1cc(Cl)ccc1C. The summed E-state index contributed by atoms with van der Waals surface area (Å²) < 4.78 is 0. The van der Waals surface area contributed by atoms with E-state index in [4.69, 9.17) is 11.6 Å². The number of hydrogen-bond donors (Lipinski definition) is 1. The van der Waals surface area contributed by atoms with Crippen LogP contribution in [-0.2, 0) is 9.59 Å². The molecule has 0 aliphatic carbocycles. The van der Waals surface area contributed by atoms with Gasteiger partial charge in [-0.15, -0.1) is 0 Å². The number of ketones is 1. The summed E-state index contributed by atoms with van der Waals surface area (Å²) in [7, 11) is 0. The molecule has 1 N–H and O–H groups in total. The lowest BCUT2D eigenvalue weighted by Gasteiger charge is -2.06. The number of aryl methyl sites for hydroxylation is 1. The van der Waals surface area contributed by atoms with E-state index in [1.54, 1.807) is 18.2 Å². The summed E-state index contributed by atoms with van der Waals surface area (Å²) in [5.41, 5.74) is 1.43. The fraction of sp³-hybridized carbons (Fsp3) is 0.200. The fourth-order valence-corrected chi connectivity index (χ4v) is 1.11. The van der Waals surface area contributed by atoms with Gasteiger partial charge in [0.2, 0.25) is 5.78 Å². The number of anilines is 1. The molecule has 1 aromatic carbocycles. The number of carbonyl (C=O) groups excluding carboxylic acids is 2. The van der Waals surface area contributed by atoms with Gasteiger partial charge in [0.05, 0.1) is 0 Å². The van der Waals surface area contributed by atoms with Crippen LogP contribution in [0.25, 0.3) is 0 Å². The molecule has 0 aliphatic heterocycles. The first-order chi connectivity index (χ1) is 6.50. The average Bonchev–Trinajstić information content (AvgIpc) is 2.11. The van der Waals surface area contributed by atoms with Gasteiger partial charge in [0.15, 0.2) is 0 Å². The molecular formula is C10H10ClNO2. The molecular weight excluding hydrogens is 202 g/mol. The lowest BCUT2D eigenvalue weighted by molar-refractivity contribution is -0.133. The zero-order chi connectivity index (χ0) is 10.7. The molecule has 0 radical (unpaired) electrons. The molecule has 0 unspecified atom stereocenters. The highest BCUT2D eigenvalue weighted by Gasteiger charge is 2.09. The minimum Gasteiger partial charge on any atom is -0.319 e. The Morgan fingerprint density at radius 1 is 1.36 bits per heavy atom. The molecule has 1 aromatic rings. The maximum Gasteiger partial charge on any atom is 0.291 e. The highest BCUT2D eigenvalue weighted by Crippen LogP contribution is 2.19. The van der Waals surface area contributed by atoms with E-state index < -0.39 is 11.7 Å². The predicted molar refractivity (Wildman–Crippen MR) is 55.5 cm³/mol. The van der Waals surface area contributed by atoms with Crippen LogP contribution in [-0.4, -0.2) is 11.7 Å². The fourth-order valence-electron chi connectivity index (χ4n) is 0.939. The Balaban J connectivity index is 2.91. The molecule has 0 heterocycles. The van der Waals surface area contributed by atoms with Crippen molar-refractivity contribution in [3.05, 3.63) is 28.8 Å². The molecule has 0 fully saturated rings. The molecule has 1 amide bonds. The summed E-state index contributed by atoms with van der Waals surface area (Å²) in [6.07, 6.45) is 0. The van der Waals surface area contributed by atoms with E-state index in [9.17, 15) is 9.59 Å². The number of carbonyl (C=O) groups is 2. The Bertz CT molecular complexity index is 388. The third-order valence-corrected chi connectivity index (χ3v) is 2.00. The van der Waals surface area contributed by atoms with Crippen LogP contribution in [0.1, 0.15) is 12.5 Å². The van der Waals surface area contributed by atoms with Gasteiger partial charge in [-0.3, -0.25) is 9.59 Å². The Morgan fingerprint density at radius 3 is 2.57 bits per heavy atom. The second kappa shape index (κ2) is 4.24. The van der Waals surface area contributed by atoms with Crippen LogP contribution in [0.3, 0.4) is 0 Å². The summed E-state index contributed by atoms with van der Waals surface area (Å²) in [5.74, 6) is -1.15. The van der Waals surface area contributed by atoms with Crippen molar-refractivity contribution >= 4 is 29.0 Å². The topological polar surface area (TPSA) is 46.2 Å². The smallest absolute Gasteiger partial charge is 0.291 e. The van der Waals surface area contributed by atoms with Crippen molar-refractivity contribution in [2.75, 3.05) is 5.32 Å². The number of rotatable bonds is 2. The molecule has 0 saturated heterocycles. The summed E-state index contributed by atoms with van der Waals surface area (Å²) in [5, 5.41) is 3.00. The van der Waals surface area contributed by atoms with Gasteiger partial charge >= 0.3 is 0 Å². The Morgan fingerprint density at radius 2 is 2.00 bits per heavy atom. The second-order valence-electron chi connectivity index (χ2n) is 2.97. The molecule has 4 heteroatoms. The van der Waals surface area contributed by atoms with Crippen molar-refractivity contribution in [2.24, 2.45) is 0 Å². The van der Waals surface area contributed by atoms with Crippen LogP contribution in [0.15, 0.2) is 18.2 Å². The third kappa shape index (κ3) is 2.57. The molecule has 14 heavy (non-hydrogen) atoms. The highest BCUT2D eigenvalue weighted by molar-refractivity contribution is 6.40. The number of halogens is 1. The summed E-state index contributed by atoms with van der Waals surface area (Å²) in [4.78, 5) is 21.8. The summed E-state index contributed by atoms with van der Waals surface area (Å²) in [6.45, 7) is 3.04. The van der Waals surface area contributed by atoms with Gasteiger partial charge in [-0.2, -0.15) is 0 Å². The maximum absolute atomic E-state index is 11.1. The monoisotopic (exact) mass is 211 g/mol. The molecule has 0 bridgehead atoms. The van der Waals surface area contributed by atoms with Gasteiger partial charge in [-0.1, -0.05) is 17.7 Å². The van der Waals surface area contributed by atoms with E-state index in [2.05, 4.69) is 5.32 Å². The molecule has 0 saturated carbocycles. The number of nitrogens with one attached hydrogen (secondary N) is 1. The van der Waals surface area contributed by atoms with Crippen molar-refractivity contribution < 1.29 is 9.59 Å². The number of hydrogen-bond acceptors (Lipinski definition) is 2. The van der Waals surface area contributed by atoms with E-state index in [1.165, 1.54) is 6.92 Å². The lowest BCUT2D eigenvalue weighted by Crippen LogP contribution is -2.20. The normalized spacial score (nSPS) is 9.64. The van der Waals surface area contributed by atoms with Crippen molar-refractivity contribution in [1.29, 1.82) is 0 Å². The molecule has 0 atom stereocenters. The standard InChI is InChI=1S/C10H10ClNO2/c1-6-3-4-8(11)5-9(6)12-10(14)7(2)13/h3-5H,1-2H3,(H,12,14). The van der Waals surface area contributed by atoms with Crippen molar-refractivity contribution in [1.82, 2.24) is 0 Å². The largest absolute Gasteiger partial charge is 0.319 e. The summed E-state index contributed by atoms with van der Waals surface area (Å²) in [6, 6.07) is 5.11. The minimum absolute atomic E-state index is 0.523. The first-order valence-electron chi connectivity index (χ1n) is 4.09. The summed E-state index contributed by atoms with van der Waals surface area (Å²) >= 11 is 5.74. The number of benzene rings is 1. The van der Waals surface area contributed by atoms with Crippen molar-refractivity contribution in [2.45, 2.75) is 13.8 Å². The van der Waals surface area contributed by atoms with E-state index >= 15 is 0 Å². The Hall–Kier alpha value is -1.35. The highest BCUT2D eigenvalue weighted by atomic mass is 35.5. The first-order valence-corrected chi connectivity index (χ1v) is 4.46. The van der Waals surface area contributed by atoms with Gasteiger partial charge in [0, 0.05) is 17.6 Å². The molecule has 0 spiro atoms. The van der Waals surface area contributed by atoms with Gasteiger partial charge in [-0.05, 0) is 24.6 Å². The molecule has 0 aromatic heterocycles. The van der Waals surface area contributed by atoms with E-state index in [0.29, 0.717) is 10.7 Å². The molecule has 0 aliphatic rings. The Kier molecular flexibility index (Phi) is 3.25. The van der Waals surface area contributed by atoms with E-state index in [1.807, 2.05) is 6.92 Å². The van der Waals surface area contributed by atoms with Gasteiger partial charge in [-0.25, -0.2) is 0 Å². The zero-order valence-corrected chi connectivity index (χ0v) is 8.68. The number of Topliss-reactive ketones (excluding diaryl/α,β-unsaturated/α-hetero) is 1. The molecule has 1 rings (SSSR count). The van der Waals surface area contributed by atoms with Crippen molar-refractivity contribution in [3.63, 3.8) is 0 Å². The van der Waals surface area contributed by atoms with Crippen LogP contribution in [0.5, 0.6) is 0 Å². The molecule has 74 valence electrons. The minimum atomic E-state index is -0.629. The second-order valence-corrected chi connectivity index (χ2v) is 3.41. The third-order valence-electron chi connectivity index (χ3n) is 1.77. The van der Waals surface area contributed by atoms with Crippen molar-refractivity contribution in [3.8, 4) is 0 Å². The maximum atomic E-state index is 11.1. The van der Waals surface area contributed by atoms with E-state index in [0.717, 1.165) is 5.56 Å². The quantitative estimate of drug-likeness (QED) is 0.763. The van der Waals surface area contributed by atoms with Crippen LogP contribution >= 0.6 is 11.6 Å². The van der Waals surface area contributed by atoms with Gasteiger partial charge in [0.25, 0.3) is 5.91 Å². The number of amides is 1.